The summed E-state index contributed by atoms with van der Waals surface area (Å²) < 4.78 is 9.96. The Morgan fingerprint density at radius 2 is 1.56 bits per heavy atom. The highest BCUT2D eigenvalue weighted by Gasteiger charge is 2.23. The summed E-state index contributed by atoms with van der Waals surface area (Å²) >= 11 is 5.43. The first kappa shape index (κ1) is 19.0. The van der Waals surface area contributed by atoms with Gasteiger partial charge in [-0.25, -0.2) is 9.59 Å². The van der Waals surface area contributed by atoms with Crippen LogP contribution in [0.25, 0.3) is 0 Å². The van der Waals surface area contributed by atoms with E-state index in [0.717, 1.165) is 5.69 Å². The predicted molar refractivity (Wildman–Crippen MR) is 98.8 cm³/mol. The van der Waals surface area contributed by atoms with Crippen molar-refractivity contribution in [2.24, 2.45) is 0 Å². The SMILES string of the molecule is CCOC(=O)c1ccc(NC(=S)N2CCN(C(=O)OCC)CC2)cc1. The van der Waals surface area contributed by atoms with Crippen molar-refractivity contribution >= 4 is 35.1 Å². The van der Waals surface area contributed by atoms with Crippen molar-refractivity contribution < 1.29 is 19.1 Å². The number of piperazine rings is 1. The zero-order chi connectivity index (χ0) is 18.2. The fourth-order valence-corrected chi connectivity index (χ4v) is 2.71. The van der Waals surface area contributed by atoms with Crippen LogP contribution in [0, 0.1) is 0 Å². The molecule has 8 heteroatoms. The minimum atomic E-state index is -0.341. The van der Waals surface area contributed by atoms with E-state index in [0.29, 0.717) is 50.1 Å². The molecule has 0 aromatic heterocycles. The van der Waals surface area contributed by atoms with E-state index in [9.17, 15) is 9.59 Å². The maximum absolute atomic E-state index is 11.7. The molecule has 1 heterocycles. The molecule has 0 spiro atoms. The van der Waals surface area contributed by atoms with E-state index in [4.69, 9.17) is 21.7 Å². The molecule has 1 saturated heterocycles. The average molecular weight is 365 g/mol. The molecule has 1 N–H and O–H groups in total. The fourth-order valence-electron chi connectivity index (χ4n) is 2.41. The topological polar surface area (TPSA) is 71.1 Å². The van der Waals surface area contributed by atoms with E-state index >= 15 is 0 Å². The van der Waals surface area contributed by atoms with Crippen LogP contribution in [-0.4, -0.2) is 66.4 Å². The summed E-state index contributed by atoms with van der Waals surface area (Å²) in [5.41, 5.74) is 1.30. The van der Waals surface area contributed by atoms with Crippen molar-refractivity contribution in [1.29, 1.82) is 0 Å². The van der Waals surface area contributed by atoms with Crippen molar-refractivity contribution in [1.82, 2.24) is 9.80 Å². The molecule has 1 aromatic carbocycles. The molecule has 2 rings (SSSR count). The highest BCUT2D eigenvalue weighted by molar-refractivity contribution is 7.80. The number of nitrogens with zero attached hydrogens (tertiary/aromatic N) is 2. The van der Waals surface area contributed by atoms with E-state index in [1.165, 1.54) is 0 Å². The lowest BCUT2D eigenvalue weighted by Gasteiger charge is -2.35. The van der Waals surface area contributed by atoms with Gasteiger partial charge in [0.05, 0.1) is 18.8 Å². The number of benzene rings is 1. The molecule has 136 valence electrons. The smallest absolute Gasteiger partial charge is 0.409 e. The molecular weight excluding hydrogens is 342 g/mol. The molecule has 1 aliphatic rings. The Balaban J connectivity index is 1.84. The van der Waals surface area contributed by atoms with Crippen molar-refractivity contribution in [2.75, 3.05) is 44.7 Å². The largest absolute Gasteiger partial charge is 0.462 e. The minimum Gasteiger partial charge on any atom is -0.462 e. The van der Waals surface area contributed by atoms with E-state index in [2.05, 4.69) is 5.32 Å². The number of ether oxygens (including phenoxy) is 2. The number of nitrogens with one attached hydrogen (secondary N) is 1. The van der Waals surface area contributed by atoms with Crippen LogP contribution in [0.4, 0.5) is 10.5 Å². The van der Waals surface area contributed by atoms with E-state index < -0.39 is 0 Å². The summed E-state index contributed by atoms with van der Waals surface area (Å²) in [6.45, 7) is 6.72. The van der Waals surface area contributed by atoms with Gasteiger partial charge in [0.2, 0.25) is 0 Å². The molecule has 0 atom stereocenters. The quantitative estimate of drug-likeness (QED) is 0.649. The average Bonchev–Trinajstić information content (AvgIpc) is 2.63. The molecule has 1 amide bonds. The van der Waals surface area contributed by atoms with Crippen LogP contribution in [0.1, 0.15) is 24.2 Å². The molecule has 1 aromatic rings. The van der Waals surface area contributed by atoms with E-state index in [1.54, 1.807) is 43.0 Å². The van der Waals surface area contributed by atoms with Gasteiger partial charge in [0.25, 0.3) is 0 Å². The number of amides is 1. The third kappa shape index (κ3) is 5.32. The second kappa shape index (κ2) is 9.22. The maximum Gasteiger partial charge on any atom is 0.409 e. The number of hydrogen-bond acceptors (Lipinski definition) is 5. The van der Waals surface area contributed by atoms with Gasteiger partial charge in [-0.3, -0.25) is 0 Å². The predicted octanol–water partition coefficient (Wildman–Crippen LogP) is 2.33. The Hall–Kier alpha value is -2.35. The summed E-state index contributed by atoms with van der Waals surface area (Å²) in [6, 6.07) is 6.96. The molecule has 0 unspecified atom stereocenters. The van der Waals surface area contributed by atoms with Gasteiger partial charge in [0.15, 0.2) is 5.11 Å². The van der Waals surface area contributed by atoms with Gasteiger partial charge in [-0.05, 0) is 50.3 Å². The molecule has 0 radical (unpaired) electrons. The van der Waals surface area contributed by atoms with Gasteiger partial charge in [0, 0.05) is 31.9 Å². The molecule has 0 aliphatic carbocycles. The summed E-state index contributed by atoms with van der Waals surface area (Å²) in [5, 5.41) is 3.74. The summed E-state index contributed by atoms with van der Waals surface area (Å²) in [4.78, 5) is 27.0. The molecule has 0 bridgehead atoms. The third-order valence-corrected chi connectivity index (χ3v) is 4.10. The van der Waals surface area contributed by atoms with Crippen molar-refractivity contribution in [3.8, 4) is 0 Å². The molecular formula is C17H23N3O4S. The first-order valence-electron chi connectivity index (χ1n) is 8.30. The van der Waals surface area contributed by atoms with Crippen molar-refractivity contribution in [3.05, 3.63) is 29.8 Å². The number of esters is 1. The van der Waals surface area contributed by atoms with Crippen LogP contribution < -0.4 is 5.32 Å². The van der Waals surface area contributed by atoms with Gasteiger partial charge in [-0.1, -0.05) is 0 Å². The molecule has 1 fully saturated rings. The Labute approximate surface area is 152 Å². The summed E-state index contributed by atoms with van der Waals surface area (Å²) in [7, 11) is 0. The number of anilines is 1. The first-order valence-corrected chi connectivity index (χ1v) is 8.70. The number of rotatable bonds is 4. The zero-order valence-electron chi connectivity index (χ0n) is 14.5. The third-order valence-electron chi connectivity index (χ3n) is 3.74. The summed E-state index contributed by atoms with van der Waals surface area (Å²) in [6.07, 6.45) is -0.282. The highest BCUT2D eigenvalue weighted by atomic mass is 32.1. The Kier molecular flexibility index (Phi) is 7.00. The zero-order valence-corrected chi connectivity index (χ0v) is 15.3. The summed E-state index contributed by atoms with van der Waals surface area (Å²) in [5.74, 6) is -0.341. The normalized spacial score (nSPS) is 14.0. The second-order valence-corrected chi connectivity index (χ2v) is 5.79. The lowest BCUT2D eigenvalue weighted by atomic mass is 10.2. The molecule has 25 heavy (non-hydrogen) atoms. The van der Waals surface area contributed by atoms with Crippen LogP contribution in [-0.2, 0) is 9.47 Å². The van der Waals surface area contributed by atoms with Gasteiger partial charge in [-0.15, -0.1) is 0 Å². The lowest BCUT2D eigenvalue weighted by molar-refractivity contribution is 0.0526. The first-order chi connectivity index (χ1) is 12.0. The van der Waals surface area contributed by atoms with Gasteiger partial charge in [-0.2, -0.15) is 0 Å². The van der Waals surface area contributed by atoms with Gasteiger partial charge >= 0.3 is 12.1 Å². The number of thiocarbonyl (C=S) groups is 1. The van der Waals surface area contributed by atoms with Crippen LogP contribution in [0.2, 0.25) is 0 Å². The fraction of sp³-hybridized carbons (Fsp3) is 0.471. The highest BCUT2D eigenvalue weighted by Crippen LogP contribution is 2.13. The Bertz CT molecular complexity index is 613. The lowest BCUT2D eigenvalue weighted by Crippen LogP contribution is -2.51. The van der Waals surface area contributed by atoms with Crippen molar-refractivity contribution in [3.63, 3.8) is 0 Å². The van der Waals surface area contributed by atoms with Crippen molar-refractivity contribution in [2.45, 2.75) is 13.8 Å². The number of carbonyl (C=O) groups is 2. The van der Waals surface area contributed by atoms with Crippen LogP contribution in [0.3, 0.4) is 0 Å². The van der Waals surface area contributed by atoms with Gasteiger partial charge < -0.3 is 24.6 Å². The van der Waals surface area contributed by atoms with E-state index in [1.807, 2.05) is 4.90 Å². The van der Waals surface area contributed by atoms with Crippen LogP contribution in [0.15, 0.2) is 24.3 Å². The standard InChI is InChI=1S/C17H23N3O4S/c1-3-23-15(21)13-5-7-14(8-6-13)18-16(25)19-9-11-20(12-10-19)17(22)24-4-2/h5-8H,3-4,9-12H2,1-2H3,(H,18,25). The molecule has 1 aliphatic heterocycles. The van der Waals surface area contributed by atoms with Gasteiger partial charge in [0.1, 0.15) is 0 Å². The monoisotopic (exact) mass is 365 g/mol. The van der Waals surface area contributed by atoms with Crippen LogP contribution in [0.5, 0.6) is 0 Å². The van der Waals surface area contributed by atoms with Crippen LogP contribution >= 0.6 is 12.2 Å². The number of hydrogen-bond donors (Lipinski definition) is 1. The molecule has 7 nitrogen and oxygen atoms in total. The number of carbonyl (C=O) groups excluding carboxylic acids is 2. The van der Waals surface area contributed by atoms with E-state index in [-0.39, 0.29) is 12.1 Å². The Morgan fingerprint density at radius 3 is 2.12 bits per heavy atom. The Morgan fingerprint density at radius 1 is 1.00 bits per heavy atom. The minimum absolute atomic E-state index is 0.282. The second-order valence-electron chi connectivity index (χ2n) is 5.40. The maximum atomic E-state index is 11.7. The molecule has 0 saturated carbocycles.